The van der Waals surface area contributed by atoms with Gasteiger partial charge in [-0.3, -0.25) is 0 Å². The molecule has 7 saturated carbocycles. The zero-order valence-electron chi connectivity index (χ0n) is 18.3. The first kappa shape index (κ1) is 18.2. The maximum Gasteiger partial charge on any atom is 0.282 e. The lowest BCUT2D eigenvalue weighted by molar-refractivity contribution is -0.641. The van der Waals surface area contributed by atoms with Gasteiger partial charge in [-0.25, -0.2) is 9.97 Å². The molecule has 1 spiro atoms. The number of hydrogen-bond acceptors (Lipinski definition) is 6. The Hall–Kier alpha value is -2.22. The number of aromatic amines is 1. The molecule has 0 radical (unpaired) electrons. The second-order valence-corrected chi connectivity index (χ2v) is 13.7. The Morgan fingerprint density at radius 2 is 1.91 bits per heavy atom. The Kier molecular flexibility index (Phi) is 2.71. The van der Waals surface area contributed by atoms with Crippen LogP contribution < -0.4 is 4.90 Å². The highest BCUT2D eigenvalue weighted by Gasteiger charge is 3.10. The van der Waals surface area contributed by atoms with Gasteiger partial charge in [0, 0.05) is 39.4 Å². The third-order valence-corrected chi connectivity index (χ3v) is 13.3. The summed E-state index contributed by atoms with van der Waals surface area (Å²) >= 11 is 0. The van der Waals surface area contributed by atoms with Gasteiger partial charge in [-0.1, -0.05) is 0 Å². The van der Waals surface area contributed by atoms with Crippen LogP contribution in [0.1, 0.15) is 12.8 Å². The molecule has 2 aromatic rings. The first-order valence-electron chi connectivity index (χ1n) is 12.1. The van der Waals surface area contributed by atoms with Crippen LogP contribution >= 0.6 is 0 Å². The van der Waals surface area contributed by atoms with E-state index in [4.69, 9.17) is 0 Å². The van der Waals surface area contributed by atoms with Gasteiger partial charge in [0.15, 0.2) is 0 Å². The highest BCUT2D eigenvalue weighted by molar-refractivity contribution is 7.86. The van der Waals surface area contributed by atoms with Gasteiger partial charge in [0.2, 0.25) is 0 Å². The molecule has 33 heavy (non-hydrogen) atoms. The number of nitrogens with zero attached hydrogens (tertiary/aromatic N) is 6. The number of aromatic nitrogens is 3. The number of rotatable bonds is 5. The van der Waals surface area contributed by atoms with Crippen molar-refractivity contribution in [1.82, 2.24) is 23.6 Å². The van der Waals surface area contributed by atoms with Gasteiger partial charge in [0.25, 0.3) is 10.2 Å². The Morgan fingerprint density at radius 1 is 1.18 bits per heavy atom. The summed E-state index contributed by atoms with van der Waals surface area (Å²) in [5.74, 6) is 4.55. The van der Waals surface area contributed by atoms with Crippen molar-refractivity contribution in [1.29, 1.82) is 5.26 Å². The van der Waals surface area contributed by atoms with E-state index in [-0.39, 0.29) is 16.4 Å². The van der Waals surface area contributed by atoms with Crippen molar-refractivity contribution in [2.24, 2.45) is 46.3 Å². The lowest BCUT2D eigenvalue weighted by Gasteiger charge is -3.10. The summed E-state index contributed by atoms with van der Waals surface area (Å²) in [7, 11) is -1.74. The Bertz CT molecular complexity index is 1370. The number of fused-ring (bicyclic) bond motifs is 1. The molecule has 10 rings (SSSR count). The lowest BCUT2D eigenvalue weighted by atomic mass is 8.92. The highest BCUT2D eigenvalue weighted by Crippen LogP contribution is 3.10. The van der Waals surface area contributed by atoms with Crippen LogP contribution in [0.3, 0.4) is 0 Å². The molecule has 9 nitrogen and oxygen atoms in total. The minimum absolute atomic E-state index is 0.0273. The summed E-state index contributed by atoms with van der Waals surface area (Å²) in [6, 6.07) is 4.62. The van der Waals surface area contributed by atoms with Crippen LogP contribution in [0.4, 0.5) is 5.82 Å². The van der Waals surface area contributed by atoms with E-state index in [1.54, 1.807) is 22.0 Å². The van der Waals surface area contributed by atoms with E-state index in [0.29, 0.717) is 61.7 Å². The minimum Gasteiger partial charge on any atom is -0.353 e. The molecule has 3 heterocycles. The Morgan fingerprint density at radius 3 is 2.58 bits per heavy atom. The lowest BCUT2D eigenvalue weighted by Crippen LogP contribution is -3.10. The summed E-state index contributed by atoms with van der Waals surface area (Å²) < 4.78 is 31.0. The SMILES string of the molecule is CN(CC12C3C4C1C1C2C3C41C#N)S(=O)(=O)N1CCN(c2ncnc3[nH]ccc23)CC12CC2. The third-order valence-electron chi connectivity index (χ3n) is 11.2. The molecular formula is C23H25N7O2S. The van der Waals surface area contributed by atoms with Gasteiger partial charge in [-0.15, -0.1) is 0 Å². The largest absolute Gasteiger partial charge is 0.353 e. The van der Waals surface area contributed by atoms with Crippen molar-refractivity contribution < 1.29 is 8.42 Å². The van der Waals surface area contributed by atoms with Crippen molar-refractivity contribution in [2.45, 2.75) is 18.4 Å². The normalized spacial score (nSPS) is 46.6. The van der Waals surface area contributed by atoms with Crippen LogP contribution in [-0.4, -0.2) is 70.7 Å². The molecule has 0 amide bonds. The summed E-state index contributed by atoms with van der Waals surface area (Å²) in [6.07, 6.45) is 5.24. The van der Waals surface area contributed by atoms with Crippen LogP contribution in [0.15, 0.2) is 18.6 Å². The average molecular weight is 464 g/mol. The van der Waals surface area contributed by atoms with Crippen LogP contribution in [0.5, 0.6) is 0 Å². The molecule has 1 saturated heterocycles. The van der Waals surface area contributed by atoms with E-state index >= 15 is 0 Å². The summed E-state index contributed by atoms with van der Waals surface area (Å²) in [4.78, 5) is 14.2. The molecule has 0 unspecified atom stereocenters. The first-order chi connectivity index (χ1) is 15.9. The van der Waals surface area contributed by atoms with Gasteiger partial charge < -0.3 is 9.88 Å². The standard InChI is InChI=1S/C23H25N7O2S/c1-28(10-23-16-13-17(23)15-18(23)14(16)22(13,15)8-24)33(31,32)30-7-6-29(9-21(30)3-4-21)20-12-2-5-25-19(12)26-11-27-20/h2,5,11,13-18H,3-4,6-7,9-10H2,1H3,(H,25,26,27). The fraction of sp³-hybridized carbons (Fsp3) is 0.696. The van der Waals surface area contributed by atoms with Crippen molar-refractivity contribution in [2.75, 3.05) is 38.1 Å². The molecule has 8 fully saturated rings. The Labute approximate surface area is 191 Å². The van der Waals surface area contributed by atoms with Crippen LogP contribution in [0, 0.1) is 57.7 Å². The van der Waals surface area contributed by atoms with E-state index in [2.05, 4.69) is 25.9 Å². The van der Waals surface area contributed by atoms with Crippen molar-refractivity contribution in [3.8, 4) is 6.07 Å². The first-order valence-corrected chi connectivity index (χ1v) is 13.5. The van der Waals surface area contributed by atoms with Crippen LogP contribution in [-0.2, 0) is 10.2 Å². The van der Waals surface area contributed by atoms with Gasteiger partial charge in [0.1, 0.15) is 17.8 Å². The molecule has 0 aromatic carbocycles. The number of H-pyrrole nitrogens is 1. The molecule has 1 aliphatic heterocycles. The molecule has 2 aromatic heterocycles. The van der Waals surface area contributed by atoms with E-state index in [1.165, 1.54) is 0 Å². The molecule has 10 heteroatoms. The monoisotopic (exact) mass is 463 g/mol. The molecule has 7 aliphatic carbocycles. The number of nitrogens with one attached hydrogen (secondary N) is 1. The second-order valence-electron chi connectivity index (χ2n) is 11.7. The van der Waals surface area contributed by atoms with E-state index < -0.39 is 10.2 Å². The number of nitriles is 1. The number of piperazine rings is 1. The molecule has 0 bridgehead atoms. The van der Waals surface area contributed by atoms with Crippen molar-refractivity contribution in [3.63, 3.8) is 0 Å². The molecule has 1 N–H and O–H groups in total. The second kappa shape index (κ2) is 4.92. The third kappa shape index (κ3) is 1.52. The fourth-order valence-corrected chi connectivity index (χ4v) is 11.9. The molecule has 8 aliphatic rings. The average Bonchev–Trinajstić information content (AvgIpc) is 3.39. The molecular weight excluding hydrogens is 438 g/mol. The summed E-state index contributed by atoms with van der Waals surface area (Å²) in [5.41, 5.74) is 0.723. The zero-order chi connectivity index (χ0) is 22.1. The molecule has 0 atom stereocenters. The van der Waals surface area contributed by atoms with Gasteiger partial charge in [-0.05, 0) is 59.8 Å². The minimum atomic E-state index is -3.53. The van der Waals surface area contributed by atoms with Crippen LogP contribution in [0.25, 0.3) is 11.0 Å². The summed E-state index contributed by atoms with van der Waals surface area (Å²) in [6.45, 7) is 2.43. The van der Waals surface area contributed by atoms with Gasteiger partial charge >= 0.3 is 0 Å². The zero-order valence-corrected chi connectivity index (χ0v) is 19.2. The fourth-order valence-electron chi connectivity index (χ4n) is 10.1. The van der Waals surface area contributed by atoms with Crippen molar-refractivity contribution >= 4 is 27.1 Å². The number of hydrogen-bond donors (Lipinski definition) is 1. The van der Waals surface area contributed by atoms with Gasteiger partial charge in [0.05, 0.1) is 22.4 Å². The maximum atomic E-state index is 13.8. The Balaban J connectivity index is 0.965. The van der Waals surface area contributed by atoms with Crippen molar-refractivity contribution in [3.05, 3.63) is 18.6 Å². The molecule has 170 valence electrons. The topological polar surface area (TPSA) is 109 Å². The predicted molar refractivity (Wildman–Crippen MR) is 118 cm³/mol. The van der Waals surface area contributed by atoms with E-state index in [0.717, 1.165) is 29.7 Å². The van der Waals surface area contributed by atoms with E-state index in [9.17, 15) is 13.7 Å². The van der Waals surface area contributed by atoms with E-state index in [1.807, 2.05) is 12.3 Å². The highest BCUT2D eigenvalue weighted by atomic mass is 32.2. The quantitative estimate of drug-likeness (QED) is 0.710. The maximum absolute atomic E-state index is 13.8. The summed E-state index contributed by atoms with van der Waals surface area (Å²) in [5, 5.41) is 10.6. The van der Waals surface area contributed by atoms with Gasteiger partial charge in [-0.2, -0.15) is 22.3 Å². The van der Waals surface area contributed by atoms with Crippen LogP contribution in [0.2, 0.25) is 0 Å². The smallest absolute Gasteiger partial charge is 0.282 e. The predicted octanol–water partition coefficient (Wildman–Crippen LogP) is 1.05. The number of anilines is 1.